The summed E-state index contributed by atoms with van der Waals surface area (Å²) in [7, 11) is 0. The van der Waals surface area contributed by atoms with Crippen molar-refractivity contribution in [1.29, 1.82) is 0 Å². The smallest absolute Gasteiger partial charge is 0.119 e. The summed E-state index contributed by atoms with van der Waals surface area (Å²) in [6, 6.07) is 28.9. The molecule has 250 valence electrons. The van der Waals surface area contributed by atoms with Crippen molar-refractivity contribution in [3.05, 3.63) is 107 Å². The summed E-state index contributed by atoms with van der Waals surface area (Å²) in [5.41, 5.74) is 6.12. The van der Waals surface area contributed by atoms with Gasteiger partial charge in [0.05, 0.1) is 51.0 Å². The number of rotatable bonds is 0. The van der Waals surface area contributed by atoms with Crippen LogP contribution in [0.15, 0.2) is 84.9 Å². The monoisotopic (exact) mass is 640 g/mol. The molecule has 8 heteroatoms. The van der Waals surface area contributed by atoms with Crippen LogP contribution in [-0.4, -0.2) is 76.0 Å². The predicted molar refractivity (Wildman–Crippen MR) is 183 cm³/mol. The van der Waals surface area contributed by atoms with Crippen molar-refractivity contribution in [2.45, 2.75) is 44.9 Å². The van der Waals surface area contributed by atoms with E-state index < -0.39 is 0 Å². The number of aromatic nitrogens is 2. The molecule has 47 heavy (non-hydrogen) atoms. The highest BCUT2D eigenvalue weighted by Gasteiger charge is 2.23. The average molecular weight is 641 g/mol. The zero-order valence-corrected chi connectivity index (χ0v) is 27.8. The summed E-state index contributed by atoms with van der Waals surface area (Å²) < 4.78 is 34.8. The van der Waals surface area contributed by atoms with Crippen LogP contribution < -0.4 is 9.47 Å². The summed E-state index contributed by atoms with van der Waals surface area (Å²) in [5.74, 6) is 1.66. The second-order valence-corrected chi connectivity index (χ2v) is 12.1. The van der Waals surface area contributed by atoms with Crippen molar-refractivity contribution in [2.24, 2.45) is 0 Å². The fourth-order valence-electron chi connectivity index (χ4n) is 5.42. The van der Waals surface area contributed by atoms with Crippen LogP contribution in [0.25, 0.3) is 11.4 Å². The molecular weight excluding hydrogens is 592 g/mol. The minimum atomic E-state index is -0.166. The van der Waals surface area contributed by atoms with Crippen molar-refractivity contribution in [3.8, 4) is 22.9 Å². The number of hydrogen-bond acceptors (Lipinski definition) is 8. The van der Waals surface area contributed by atoms with Gasteiger partial charge in [0.25, 0.3) is 0 Å². The number of fused-ring (bicyclic) bond motifs is 2. The second-order valence-electron chi connectivity index (χ2n) is 12.1. The highest BCUT2D eigenvalue weighted by molar-refractivity contribution is 5.54. The normalized spacial score (nSPS) is 17.8. The maximum atomic E-state index is 5.90. The standard InChI is InChI=1S/C39H48N2O6/c1-39(2)31-13-17-35(18-14-31)46-29-27-44-25-23-42-21-5-9-33-7-3-11-37(40-33)38-12-4-8-34(41-38)10-6-22-43-24-26-45-28-30-47-36-19-15-32(39)16-20-36/h3-4,7-8,11-20H,5-6,9-10,21-30H2,1-2H3. The minimum Gasteiger partial charge on any atom is -0.491 e. The lowest BCUT2D eigenvalue weighted by molar-refractivity contribution is 0.0357. The molecule has 5 heterocycles. The van der Waals surface area contributed by atoms with Crippen LogP contribution in [0.1, 0.15) is 49.2 Å². The highest BCUT2D eigenvalue weighted by Crippen LogP contribution is 2.33. The average Bonchev–Trinajstić information content (AvgIpc) is 3.10. The number of hydrogen-bond donors (Lipinski definition) is 0. The number of ether oxygens (including phenoxy) is 6. The Hall–Kier alpha value is -3.82. The molecule has 3 aliphatic rings. The van der Waals surface area contributed by atoms with Gasteiger partial charge in [0.15, 0.2) is 0 Å². The van der Waals surface area contributed by atoms with Crippen molar-refractivity contribution in [1.82, 2.24) is 9.97 Å². The van der Waals surface area contributed by atoms with E-state index in [1.807, 2.05) is 48.5 Å². The quantitative estimate of drug-likeness (QED) is 0.206. The van der Waals surface area contributed by atoms with Gasteiger partial charge < -0.3 is 28.4 Å². The first kappa shape index (κ1) is 34.5. The van der Waals surface area contributed by atoms with Crippen LogP contribution in [0.3, 0.4) is 0 Å². The van der Waals surface area contributed by atoms with Crippen molar-refractivity contribution < 1.29 is 28.4 Å². The molecule has 4 aromatic rings. The molecule has 2 aromatic heterocycles. The zero-order chi connectivity index (χ0) is 32.6. The Labute approximate surface area is 279 Å². The van der Waals surface area contributed by atoms with Gasteiger partial charge in [0, 0.05) is 30.0 Å². The minimum absolute atomic E-state index is 0.166. The molecule has 0 fully saturated rings. The van der Waals surface area contributed by atoms with Crippen molar-refractivity contribution in [2.75, 3.05) is 66.1 Å². The van der Waals surface area contributed by atoms with Gasteiger partial charge >= 0.3 is 0 Å². The summed E-state index contributed by atoms with van der Waals surface area (Å²) >= 11 is 0. The molecule has 0 amide bonds. The molecule has 0 unspecified atom stereocenters. The van der Waals surface area contributed by atoms with Gasteiger partial charge in [-0.2, -0.15) is 0 Å². The maximum Gasteiger partial charge on any atom is 0.119 e. The molecule has 3 aliphatic heterocycles. The van der Waals surface area contributed by atoms with E-state index in [0.29, 0.717) is 66.1 Å². The van der Waals surface area contributed by atoms with E-state index in [0.717, 1.165) is 60.0 Å². The Morgan fingerprint density at radius 1 is 0.447 bits per heavy atom. The first-order valence-electron chi connectivity index (χ1n) is 16.8. The van der Waals surface area contributed by atoms with Gasteiger partial charge in [-0.05, 0) is 85.3 Å². The van der Waals surface area contributed by atoms with Crippen LogP contribution in [0, 0.1) is 0 Å². The second kappa shape index (κ2) is 18.5. The third-order valence-electron chi connectivity index (χ3n) is 8.21. The maximum absolute atomic E-state index is 5.90. The molecule has 7 rings (SSSR count). The van der Waals surface area contributed by atoms with E-state index in [1.54, 1.807) is 0 Å². The summed E-state index contributed by atoms with van der Waals surface area (Å²) in [6.07, 6.45) is 3.48. The lowest BCUT2D eigenvalue weighted by atomic mass is 9.78. The molecule has 8 nitrogen and oxygen atoms in total. The van der Waals surface area contributed by atoms with E-state index >= 15 is 0 Å². The fraction of sp³-hybridized carbons (Fsp3) is 0.436. The molecule has 0 radical (unpaired) electrons. The van der Waals surface area contributed by atoms with Crippen LogP contribution in [0.5, 0.6) is 11.5 Å². The topological polar surface area (TPSA) is 81.2 Å². The number of benzene rings is 2. The van der Waals surface area contributed by atoms with Crippen LogP contribution >= 0.6 is 0 Å². The third kappa shape index (κ3) is 11.1. The number of pyridine rings is 2. The number of aryl methyl sites for hydroxylation is 2. The lowest BCUT2D eigenvalue weighted by Gasteiger charge is -2.26. The van der Waals surface area contributed by atoms with Gasteiger partial charge in [0.1, 0.15) is 24.7 Å². The van der Waals surface area contributed by atoms with Crippen molar-refractivity contribution >= 4 is 0 Å². The lowest BCUT2D eigenvalue weighted by Crippen LogP contribution is -2.19. The molecule has 0 spiro atoms. The van der Waals surface area contributed by atoms with Crippen molar-refractivity contribution in [3.63, 3.8) is 0 Å². The predicted octanol–water partition coefficient (Wildman–Crippen LogP) is 6.87. The summed E-state index contributed by atoms with van der Waals surface area (Å²) in [6.45, 7) is 9.96. The molecule has 0 N–H and O–H groups in total. The van der Waals surface area contributed by atoms with E-state index in [9.17, 15) is 0 Å². The molecule has 0 saturated carbocycles. The van der Waals surface area contributed by atoms with E-state index in [-0.39, 0.29) is 5.41 Å². The Morgan fingerprint density at radius 3 is 1.26 bits per heavy atom. The SMILES string of the molecule is CC1(C)c2ccc(cc2)OCCOCCOCCCc2cccc(n2)-c2cccc(n2)CCCOCCOCCOc2ccc1cc2. The molecule has 8 bridgehead atoms. The van der Waals surface area contributed by atoms with Crippen LogP contribution in [-0.2, 0) is 37.2 Å². The summed E-state index contributed by atoms with van der Waals surface area (Å²) in [4.78, 5) is 9.71. The molecular formula is C39H48N2O6. The molecule has 0 atom stereocenters. The Kier molecular flexibility index (Phi) is 13.6. The molecule has 0 saturated heterocycles. The van der Waals surface area contributed by atoms with E-state index in [2.05, 4.69) is 50.2 Å². The van der Waals surface area contributed by atoms with E-state index in [1.165, 1.54) is 11.1 Å². The molecule has 2 aromatic carbocycles. The van der Waals surface area contributed by atoms with Gasteiger partial charge in [-0.15, -0.1) is 0 Å². The van der Waals surface area contributed by atoms with Crippen LogP contribution in [0.4, 0.5) is 0 Å². The van der Waals surface area contributed by atoms with Crippen LogP contribution in [0.2, 0.25) is 0 Å². The van der Waals surface area contributed by atoms with E-state index in [4.69, 9.17) is 38.4 Å². The summed E-state index contributed by atoms with van der Waals surface area (Å²) in [5, 5.41) is 0. The van der Waals surface area contributed by atoms with Gasteiger partial charge in [-0.3, -0.25) is 9.97 Å². The zero-order valence-electron chi connectivity index (χ0n) is 27.8. The Bertz CT molecular complexity index is 1360. The Balaban J connectivity index is 1.13. The van der Waals surface area contributed by atoms with Gasteiger partial charge in [-0.25, -0.2) is 0 Å². The largest absolute Gasteiger partial charge is 0.491 e. The first-order valence-corrected chi connectivity index (χ1v) is 16.8. The molecule has 0 aliphatic carbocycles. The van der Waals surface area contributed by atoms with Gasteiger partial charge in [-0.1, -0.05) is 50.2 Å². The number of nitrogens with zero attached hydrogens (tertiary/aromatic N) is 2. The third-order valence-corrected chi connectivity index (χ3v) is 8.21. The highest BCUT2D eigenvalue weighted by atomic mass is 16.5. The van der Waals surface area contributed by atoms with Gasteiger partial charge in [0.2, 0.25) is 0 Å². The Morgan fingerprint density at radius 2 is 0.830 bits per heavy atom. The fourth-order valence-corrected chi connectivity index (χ4v) is 5.42. The first-order chi connectivity index (χ1) is 23.1.